The summed E-state index contributed by atoms with van der Waals surface area (Å²) in [7, 11) is 0. The number of aryl methyl sites for hydroxylation is 1. The molecular weight excluding hydrogens is 266 g/mol. The summed E-state index contributed by atoms with van der Waals surface area (Å²) in [5.41, 5.74) is 2.08. The van der Waals surface area contributed by atoms with Gasteiger partial charge in [-0.25, -0.2) is 0 Å². The SMILES string of the molecule is CCn1cc(COc2cccc(O)c2)c2cc(O)ccc21. The third-order valence-corrected chi connectivity index (χ3v) is 3.50. The van der Waals surface area contributed by atoms with Gasteiger partial charge in [-0.05, 0) is 37.3 Å². The smallest absolute Gasteiger partial charge is 0.123 e. The summed E-state index contributed by atoms with van der Waals surface area (Å²) in [5, 5.41) is 20.1. The zero-order chi connectivity index (χ0) is 14.8. The number of rotatable bonds is 4. The molecule has 3 aromatic rings. The van der Waals surface area contributed by atoms with Gasteiger partial charge >= 0.3 is 0 Å². The minimum Gasteiger partial charge on any atom is -0.508 e. The maximum absolute atomic E-state index is 9.68. The van der Waals surface area contributed by atoms with Crippen LogP contribution in [0.4, 0.5) is 0 Å². The van der Waals surface area contributed by atoms with E-state index in [9.17, 15) is 10.2 Å². The van der Waals surface area contributed by atoms with Crippen molar-refractivity contribution >= 4 is 10.9 Å². The van der Waals surface area contributed by atoms with E-state index in [1.807, 2.05) is 12.3 Å². The average Bonchev–Trinajstić information content (AvgIpc) is 2.82. The van der Waals surface area contributed by atoms with E-state index in [0.29, 0.717) is 12.4 Å². The van der Waals surface area contributed by atoms with Crippen LogP contribution in [-0.4, -0.2) is 14.8 Å². The van der Waals surface area contributed by atoms with Gasteiger partial charge in [-0.2, -0.15) is 0 Å². The first-order chi connectivity index (χ1) is 10.2. The Bertz CT molecular complexity index is 777. The van der Waals surface area contributed by atoms with Gasteiger partial charge in [0.15, 0.2) is 0 Å². The van der Waals surface area contributed by atoms with E-state index in [0.717, 1.165) is 23.0 Å². The van der Waals surface area contributed by atoms with E-state index in [1.54, 1.807) is 36.4 Å². The van der Waals surface area contributed by atoms with Gasteiger partial charge < -0.3 is 19.5 Å². The van der Waals surface area contributed by atoms with Crippen LogP contribution in [-0.2, 0) is 13.2 Å². The number of aromatic hydroxyl groups is 2. The van der Waals surface area contributed by atoms with Gasteiger partial charge in [-0.15, -0.1) is 0 Å². The summed E-state index contributed by atoms with van der Waals surface area (Å²) < 4.78 is 7.84. The molecule has 2 N–H and O–H groups in total. The van der Waals surface area contributed by atoms with Crippen molar-refractivity contribution < 1.29 is 14.9 Å². The van der Waals surface area contributed by atoms with Crippen molar-refractivity contribution in [3.63, 3.8) is 0 Å². The third-order valence-electron chi connectivity index (χ3n) is 3.50. The molecule has 0 saturated heterocycles. The molecule has 0 unspecified atom stereocenters. The molecule has 0 aliphatic rings. The molecule has 0 aliphatic carbocycles. The lowest BCUT2D eigenvalue weighted by Crippen LogP contribution is -1.95. The summed E-state index contributed by atoms with van der Waals surface area (Å²) in [4.78, 5) is 0. The van der Waals surface area contributed by atoms with E-state index < -0.39 is 0 Å². The number of ether oxygens (including phenoxy) is 1. The average molecular weight is 283 g/mol. The second-order valence-corrected chi connectivity index (χ2v) is 4.93. The first-order valence-corrected chi connectivity index (χ1v) is 6.90. The van der Waals surface area contributed by atoms with E-state index in [4.69, 9.17) is 4.74 Å². The highest BCUT2D eigenvalue weighted by Gasteiger charge is 2.09. The molecule has 4 heteroatoms. The number of fused-ring (bicyclic) bond motifs is 1. The van der Waals surface area contributed by atoms with Gasteiger partial charge in [0.05, 0.1) is 0 Å². The second-order valence-electron chi connectivity index (χ2n) is 4.93. The molecule has 0 radical (unpaired) electrons. The fourth-order valence-electron chi connectivity index (χ4n) is 2.47. The van der Waals surface area contributed by atoms with Gasteiger partial charge in [0, 0.05) is 35.3 Å². The Kier molecular flexibility index (Phi) is 3.44. The van der Waals surface area contributed by atoms with Crippen LogP contribution in [0, 0.1) is 0 Å². The molecule has 4 nitrogen and oxygen atoms in total. The Labute approximate surface area is 122 Å². The lowest BCUT2D eigenvalue weighted by atomic mass is 10.2. The number of aromatic nitrogens is 1. The van der Waals surface area contributed by atoms with Gasteiger partial charge in [0.2, 0.25) is 0 Å². The van der Waals surface area contributed by atoms with Gasteiger partial charge in [0.1, 0.15) is 23.9 Å². The zero-order valence-electron chi connectivity index (χ0n) is 11.8. The standard InChI is InChI=1S/C17H17NO3/c1-2-18-10-12(16-9-14(20)6-7-17(16)18)11-21-15-5-3-4-13(19)8-15/h3-10,19-20H,2,11H2,1H3. The van der Waals surface area contributed by atoms with Crippen LogP contribution in [0.2, 0.25) is 0 Å². The predicted octanol–water partition coefficient (Wildman–Crippen LogP) is 3.65. The number of hydrogen-bond acceptors (Lipinski definition) is 3. The predicted molar refractivity (Wildman–Crippen MR) is 81.7 cm³/mol. The minimum absolute atomic E-state index is 0.182. The summed E-state index contributed by atoms with van der Waals surface area (Å²) in [6.45, 7) is 3.32. The van der Waals surface area contributed by atoms with Crippen molar-refractivity contribution in [3.8, 4) is 17.2 Å². The lowest BCUT2D eigenvalue weighted by Gasteiger charge is -2.05. The van der Waals surface area contributed by atoms with Gasteiger partial charge in [0.25, 0.3) is 0 Å². The topological polar surface area (TPSA) is 54.6 Å². The monoisotopic (exact) mass is 283 g/mol. The van der Waals surface area contributed by atoms with Crippen LogP contribution in [0.25, 0.3) is 10.9 Å². The van der Waals surface area contributed by atoms with E-state index in [1.165, 1.54) is 0 Å². The molecule has 0 spiro atoms. The number of phenols is 2. The Morgan fingerprint density at radius 2 is 1.86 bits per heavy atom. The van der Waals surface area contributed by atoms with Crippen LogP contribution in [0.5, 0.6) is 17.2 Å². The summed E-state index contributed by atoms with van der Waals surface area (Å²) >= 11 is 0. The molecule has 1 heterocycles. The molecule has 2 aromatic carbocycles. The fraction of sp³-hybridized carbons (Fsp3) is 0.176. The Balaban J connectivity index is 1.91. The second kappa shape index (κ2) is 5.40. The minimum atomic E-state index is 0.182. The lowest BCUT2D eigenvalue weighted by molar-refractivity contribution is 0.305. The van der Waals surface area contributed by atoms with Crippen molar-refractivity contribution in [3.05, 3.63) is 54.2 Å². The summed E-state index contributed by atoms with van der Waals surface area (Å²) in [6.07, 6.45) is 2.03. The highest BCUT2D eigenvalue weighted by Crippen LogP contribution is 2.27. The molecule has 0 aliphatic heterocycles. The van der Waals surface area contributed by atoms with Crippen molar-refractivity contribution in [1.29, 1.82) is 0 Å². The first-order valence-electron chi connectivity index (χ1n) is 6.90. The summed E-state index contributed by atoms with van der Waals surface area (Å²) in [6, 6.07) is 12.1. The molecule has 21 heavy (non-hydrogen) atoms. The fourth-order valence-corrected chi connectivity index (χ4v) is 2.47. The first kappa shape index (κ1) is 13.4. The van der Waals surface area contributed by atoms with Crippen molar-refractivity contribution in [2.24, 2.45) is 0 Å². The van der Waals surface area contributed by atoms with E-state index in [2.05, 4.69) is 11.5 Å². The maximum Gasteiger partial charge on any atom is 0.123 e. The Morgan fingerprint density at radius 3 is 2.62 bits per heavy atom. The van der Waals surface area contributed by atoms with Crippen molar-refractivity contribution in [2.75, 3.05) is 0 Å². The van der Waals surface area contributed by atoms with E-state index in [-0.39, 0.29) is 11.5 Å². The Hall–Kier alpha value is -2.62. The largest absolute Gasteiger partial charge is 0.508 e. The molecule has 1 aromatic heterocycles. The van der Waals surface area contributed by atoms with Gasteiger partial charge in [-0.3, -0.25) is 0 Å². The highest BCUT2D eigenvalue weighted by molar-refractivity contribution is 5.85. The highest BCUT2D eigenvalue weighted by atomic mass is 16.5. The molecule has 3 rings (SSSR count). The normalized spacial score (nSPS) is 10.9. The summed E-state index contributed by atoms with van der Waals surface area (Å²) in [5.74, 6) is 1.05. The van der Waals surface area contributed by atoms with Gasteiger partial charge in [-0.1, -0.05) is 6.07 Å². The van der Waals surface area contributed by atoms with Crippen LogP contribution in [0.3, 0.4) is 0 Å². The number of phenolic OH excluding ortho intramolecular Hbond substituents is 2. The number of nitrogens with zero attached hydrogens (tertiary/aromatic N) is 1. The number of hydrogen-bond donors (Lipinski definition) is 2. The third kappa shape index (κ3) is 2.65. The molecular formula is C17H17NO3. The van der Waals surface area contributed by atoms with Crippen LogP contribution in [0.15, 0.2) is 48.7 Å². The maximum atomic E-state index is 9.68. The molecule has 0 fully saturated rings. The van der Waals surface area contributed by atoms with Crippen LogP contribution in [0.1, 0.15) is 12.5 Å². The molecule has 0 amide bonds. The van der Waals surface area contributed by atoms with Crippen molar-refractivity contribution in [1.82, 2.24) is 4.57 Å². The van der Waals surface area contributed by atoms with Crippen LogP contribution < -0.4 is 4.74 Å². The number of benzene rings is 2. The Morgan fingerprint density at radius 1 is 1.05 bits per heavy atom. The van der Waals surface area contributed by atoms with E-state index >= 15 is 0 Å². The molecule has 108 valence electrons. The zero-order valence-corrected chi connectivity index (χ0v) is 11.8. The quantitative estimate of drug-likeness (QED) is 0.768. The molecule has 0 saturated carbocycles. The molecule has 0 atom stereocenters. The van der Waals surface area contributed by atoms with Crippen molar-refractivity contribution in [2.45, 2.75) is 20.1 Å². The van der Waals surface area contributed by atoms with Crippen LogP contribution >= 0.6 is 0 Å². The molecule has 0 bridgehead atoms.